The van der Waals surface area contributed by atoms with Crippen LogP contribution in [0.2, 0.25) is 0 Å². The fourth-order valence-electron chi connectivity index (χ4n) is 2.41. The molecule has 1 aliphatic carbocycles. The Labute approximate surface area is 101 Å². The zero-order valence-corrected chi connectivity index (χ0v) is 9.89. The number of allylic oxidation sites excluding steroid dienone is 1. The van der Waals surface area contributed by atoms with Crippen LogP contribution in [0.1, 0.15) is 25.7 Å². The molecule has 0 unspecified atom stereocenters. The predicted molar refractivity (Wildman–Crippen MR) is 70.2 cm³/mol. The molecule has 0 aliphatic heterocycles. The van der Waals surface area contributed by atoms with Crippen molar-refractivity contribution in [3.63, 3.8) is 0 Å². The van der Waals surface area contributed by atoms with E-state index in [4.69, 9.17) is 0 Å². The van der Waals surface area contributed by atoms with Crippen LogP contribution < -0.4 is 5.32 Å². The minimum atomic E-state index is 0.995. The van der Waals surface area contributed by atoms with Gasteiger partial charge < -0.3 is 5.32 Å². The van der Waals surface area contributed by atoms with Crippen LogP contribution in [0, 0.1) is 0 Å². The number of pyridine rings is 1. The Morgan fingerprint density at radius 2 is 2.35 bits per heavy atom. The maximum absolute atomic E-state index is 4.28. The number of imidazole rings is 1. The lowest BCUT2D eigenvalue weighted by atomic mass is 10.2. The molecule has 0 amide bonds. The lowest BCUT2D eigenvalue weighted by molar-refractivity contribution is 0.861. The first kappa shape index (κ1) is 10.4. The highest BCUT2D eigenvalue weighted by Gasteiger charge is 2.04. The van der Waals surface area contributed by atoms with Crippen molar-refractivity contribution >= 4 is 11.5 Å². The first-order valence-electron chi connectivity index (χ1n) is 6.27. The Morgan fingerprint density at radius 3 is 3.24 bits per heavy atom. The van der Waals surface area contributed by atoms with E-state index in [1.165, 1.54) is 19.3 Å². The van der Waals surface area contributed by atoms with Crippen LogP contribution in [-0.2, 0) is 0 Å². The molecule has 1 N–H and O–H groups in total. The summed E-state index contributed by atoms with van der Waals surface area (Å²) >= 11 is 0. The van der Waals surface area contributed by atoms with Crippen molar-refractivity contribution in [2.75, 3.05) is 11.9 Å². The quantitative estimate of drug-likeness (QED) is 0.812. The molecule has 0 spiro atoms. The minimum absolute atomic E-state index is 0.995. The number of rotatable bonds is 4. The standard InChI is InChI=1S/C14H17N3/c1-2-5-12(4-1)8-9-15-13-6-3-7-14-16-10-11-17(13)14/h3-4,6-7,10-11,15H,1-2,5,8-9H2. The van der Waals surface area contributed by atoms with E-state index in [9.17, 15) is 0 Å². The summed E-state index contributed by atoms with van der Waals surface area (Å²) in [4.78, 5) is 4.28. The van der Waals surface area contributed by atoms with Crippen LogP contribution in [0.3, 0.4) is 0 Å². The number of aromatic nitrogens is 2. The Morgan fingerprint density at radius 1 is 1.35 bits per heavy atom. The fraction of sp³-hybridized carbons (Fsp3) is 0.357. The van der Waals surface area contributed by atoms with Gasteiger partial charge in [0.15, 0.2) is 0 Å². The lowest BCUT2D eigenvalue weighted by Gasteiger charge is -2.09. The molecule has 2 aromatic heterocycles. The number of fused-ring (bicyclic) bond motifs is 1. The van der Waals surface area contributed by atoms with E-state index in [0.717, 1.165) is 24.4 Å². The molecule has 0 bridgehead atoms. The Kier molecular flexibility index (Phi) is 2.82. The van der Waals surface area contributed by atoms with Crippen LogP contribution in [0.5, 0.6) is 0 Å². The van der Waals surface area contributed by atoms with Crippen molar-refractivity contribution in [3.05, 3.63) is 42.2 Å². The largest absolute Gasteiger partial charge is 0.371 e. The first-order chi connectivity index (χ1) is 8.43. The molecule has 3 rings (SSSR count). The van der Waals surface area contributed by atoms with Gasteiger partial charge in [-0.25, -0.2) is 4.98 Å². The predicted octanol–water partition coefficient (Wildman–Crippen LogP) is 3.25. The molecule has 0 saturated carbocycles. The van der Waals surface area contributed by atoms with Crippen molar-refractivity contribution in [3.8, 4) is 0 Å². The summed E-state index contributed by atoms with van der Waals surface area (Å²) in [5.41, 5.74) is 2.60. The minimum Gasteiger partial charge on any atom is -0.371 e. The Balaban J connectivity index is 1.66. The van der Waals surface area contributed by atoms with E-state index in [0.29, 0.717) is 0 Å². The van der Waals surface area contributed by atoms with Crippen LogP contribution in [0.25, 0.3) is 5.65 Å². The maximum atomic E-state index is 4.28. The molecule has 0 atom stereocenters. The molecule has 0 radical (unpaired) electrons. The molecule has 2 heterocycles. The van der Waals surface area contributed by atoms with E-state index < -0.39 is 0 Å². The second-order valence-corrected chi connectivity index (χ2v) is 4.50. The topological polar surface area (TPSA) is 29.3 Å². The monoisotopic (exact) mass is 227 g/mol. The molecular weight excluding hydrogens is 210 g/mol. The highest BCUT2D eigenvalue weighted by Crippen LogP contribution is 2.20. The number of nitrogens with one attached hydrogen (secondary N) is 1. The van der Waals surface area contributed by atoms with Gasteiger partial charge >= 0.3 is 0 Å². The molecule has 2 aromatic rings. The molecular formula is C14H17N3. The van der Waals surface area contributed by atoms with Gasteiger partial charge in [0.2, 0.25) is 0 Å². The fourth-order valence-corrected chi connectivity index (χ4v) is 2.41. The summed E-state index contributed by atoms with van der Waals surface area (Å²) < 4.78 is 2.09. The molecule has 0 fully saturated rings. The van der Waals surface area contributed by atoms with Crippen LogP contribution in [-0.4, -0.2) is 15.9 Å². The van der Waals surface area contributed by atoms with Gasteiger partial charge in [-0.05, 0) is 37.8 Å². The van der Waals surface area contributed by atoms with Gasteiger partial charge in [0, 0.05) is 18.9 Å². The molecule has 88 valence electrons. The number of nitrogens with zero attached hydrogens (tertiary/aromatic N) is 2. The zero-order chi connectivity index (χ0) is 11.5. The molecule has 17 heavy (non-hydrogen) atoms. The summed E-state index contributed by atoms with van der Waals surface area (Å²) in [5.74, 6) is 1.12. The van der Waals surface area contributed by atoms with Gasteiger partial charge in [-0.15, -0.1) is 0 Å². The smallest absolute Gasteiger partial charge is 0.138 e. The lowest BCUT2D eigenvalue weighted by Crippen LogP contribution is -2.05. The van der Waals surface area contributed by atoms with E-state index in [1.54, 1.807) is 5.57 Å². The van der Waals surface area contributed by atoms with Crippen LogP contribution in [0.4, 0.5) is 5.82 Å². The number of anilines is 1. The molecule has 0 aromatic carbocycles. The van der Waals surface area contributed by atoms with Gasteiger partial charge in [0.05, 0.1) is 0 Å². The van der Waals surface area contributed by atoms with Gasteiger partial charge in [-0.2, -0.15) is 0 Å². The average molecular weight is 227 g/mol. The summed E-state index contributed by atoms with van der Waals surface area (Å²) in [6, 6.07) is 6.15. The van der Waals surface area contributed by atoms with Gasteiger partial charge in [-0.1, -0.05) is 17.7 Å². The van der Waals surface area contributed by atoms with Gasteiger partial charge in [-0.3, -0.25) is 4.40 Å². The van der Waals surface area contributed by atoms with E-state index in [1.807, 2.05) is 24.5 Å². The van der Waals surface area contributed by atoms with Crippen molar-refractivity contribution in [2.45, 2.75) is 25.7 Å². The van der Waals surface area contributed by atoms with Crippen LogP contribution >= 0.6 is 0 Å². The van der Waals surface area contributed by atoms with E-state index in [2.05, 4.69) is 26.8 Å². The first-order valence-corrected chi connectivity index (χ1v) is 6.27. The summed E-state index contributed by atoms with van der Waals surface area (Å²) in [7, 11) is 0. The number of hydrogen-bond acceptors (Lipinski definition) is 2. The second-order valence-electron chi connectivity index (χ2n) is 4.50. The molecule has 1 aliphatic rings. The van der Waals surface area contributed by atoms with Crippen molar-refractivity contribution in [1.29, 1.82) is 0 Å². The number of hydrogen-bond donors (Lipinski definition) is 1. The highest BCUT2D eigenvalue weighted by atomic mass is 15.1. The van der Waals surface area contributed by atoms with Crippen molar-refractivity contribution in [2.24, 2.45) is 0 Å². The molecule has 3 nitrogen and oxygen atoms in total. The third-order valence-electron chi connectivity index (χ3n) is 3.32. The van der Waals surface area contributed by atoms with Gasteiger partial charge in [0.25, 0.3) is 0 Å². The zero-order valence-electron chi connectivity index (χ0n) is 9.89. The maximum Gasteiger partial charge on any atom is 0.138 e. The molecule has 0 saturated heterocycles. The summed E-state index contributed by atoms with van der Waals surface area (Å²) in [5, 5.41) is 3.48. The normalized spacial score (nSPS) is 15.2. The van der Waals surface area contributed by atoms with Crippen molar-refractivity contribution < 1.29 is 0 Å². The van der Waals surface area contributed by atoms with Crippen LogP contribution in [0.15, 0.2) is 42.2 Å². The highest BCUT2D eigenvalue weighted by molar-refractivity contribution is 5.49. The van der Waals surface area contributed by atoms with E-state index in [-0.39, 0.29) is 0 Å². The Bertz CT molecular complexity index is 539. The SMILES string of the molecule is C1=C(CCNc2cccc3nccn23)CCC1. The van der Waals surface area contributed by atoms with E-state index >= 15 is 0 Å². The molecule has 3 heteroatoms. The third kappa shape index (κ3) is 2.18. The summed E-state index contributed by atoms with van der Waals surface area (Å²) in [6.45, 7) is 1.00. The van der Waals surface area contributed by atoms with Gasteiger partial charge in [0.1, 0.15) is 11.5 Å². The second kappa shape index (κ2) is 4.62. The average Bonchev–Trinajstić information content (AvgIpc) is 2.99. The van der Waals surface area contributed by atoms with Crippen molar-refractivity contribution in [1.82, 2.24) is 9.38 Å². The summed E-state index contributed by atoms with van der Waals surface area (Å²) in [6.07, 6.45) is 11.3. The Hall–Kier alpha value is -1.77. The third-order valence-corrected chi connectivity index (χ3v) is 3.32.